The van der Waals surface area contributed by atoms with E-state index in [1.165, 1.54) is 0 Å². The maximum absolute atomic E-state index is 11.6. The monoisotopic (exact) mass is 250 g/mol. The molecule has 0 spiro atoms. The first-order valence-corrected chi connectivity index (χ1v) is 5.99. The second kappa shape index (κ2) is 5.29. The molecule has 0 fully saturated rings. The number of carbonyl (C=O) groups excluding carboxylic acids is 1. The van der Waals surface area contributed by atoms with Gasteiger partial charge in [-0.3, -0.25) is 4.79 Å². The van der Waals surface area contributed by atoms with Crippen LogP contribution in [0, 0.1) is 13.8 Å². The van der Waals surface area contributed by atoms with Crippen molar-refractivity contribution in [3.05, 3.63) is 23.3 Å². The van der Waals surface area contributed by atoms with Gasteiger partial charge in [0.1, 0.15) is 5.75 Å². The number of nitrogens with one attached hydrogen (secondary N) is 1. The fourth-order valence-corrected chi connectivity index (χ4v) is 1.60. The van der Waals surface area contributed by atoms with Gasteiger partial charge < -0.3 is 15.8 Å². The summed E-state index contributed by atoms with van der Waals surface area (Å²) in [6, 6.07) is 3.71. The van der Waals surface area contributed by atoms with E-state index in [2.05, 4.69) is 5.32 Å². The maximum atomic E-state index is 11.6. The zero-order valence-corrected chi connectivity index (χ0v) is 11.8. The molecule has 0 radical (unpaired) electrons. The van der Waals surface area contributed by atoms with Crippen LogP contribution in [-0.4, -0.2) is 18.1 Å². The Labute approximate surface area is 109 Å². The van der Waals surface area contributed by atoms with Gasteiger partial charge in [0.2, 0.25) is 0 Å². The molecule has 3 N–H and O–H groups in total. The van der Waals surface area contributed by atoms with E-state index >= 15 is 0 Å². The summed E-state index contributed by atoms with van der Waals surface area (Å²) in [6.07, 6.45) is 0. The highest BCUT2D eigenvalue weighted by Gasteiger charge is 2.14. The van der Waals surface area contributed by atoms with Crippen molar-refractivity contribution in [2.24, 2.45) is 0 Å². The van der Waals surface area contributed by atoms with Gasteiger partial charge in [0, 0.05) is 17.3 Å². The van der Waals surface area contributed by atoms with Crippen molar-refractivity contribution in [2.45, 2.75) is 40.2 Å². The van der Waals surface area contributed by atoms with Gasteiger partial charge in [-0.1, -0.05) is 6.07 Å². The predicted octanol–water partition coefficient (Wildman–Crippen LogP) is 2.18. The number of nitrogens with two attached hydrogens (primary N) is 1. The highest BCUT2D eigenvalue weighted by atomic mass is 16.5. The number of rotatable bonds is 3. The van der Waals surface area contributed by atoms with Gasteiger partial charge in [-0.15, -0.1) is 0 Å². The summed E-state index contributed by atoms with van der Waals surface area (Å²) in [5, 5.41) is 2.84. The molecule has 4 heteroatoms. The van der Waals surface area contributed by atoms with Gasteiger partial charge in [-0.25, -0.2) is 0 Å². The molecular weight excluding hydrogens is 228 g/mol. The topological polar surface area (TPSA) is 64.3 Å². The van der Waals surface area contributed by atoms with E-state index in [0.717, 1.165) is 11.1 Å². The van der Waals surface area contributed by atoms with Crippen molar-refractivity contribution in [1.29, 1.82) is 0 Å². The molecule has 1 amide bonds. The number of nitrogen functional groups attached to an aromatic ring is 1. The second-order valence-corrected chi connectivity index (χ2v) is 5.56. The van der Waals surface area contributed by atoms with Crippen LogP contribution in [0.5, 0.6) is 5.75 Å². The van der Waals surface area contributed by atoms with Crippen molar-refractivity contribution in [3.8, 4) is 5.75 Å². The second-order valence-electron chi connectivity index (χ2n) is 5.56. The van der Waals surface area contributed by atoms with E-state index in [0.29, 0.717) is 11.4 Å². The molecule has 4 nitrogen and oxygen atoms in total. The molecule has 1 aromatic rings. The molecule has 0 atom stereocenters. The average molecular weight is 250 g/mol. The molecule has 0 saturated heterocycles. The summed E-state index contributed by atoms with van der Waals surface area (Å²) in [5.41, 5.74) is 8.23. The summed E-state index contributed by atoms with van der Waals surface area (Å²) in [5.74, 6) is 0.517. The number of carbonyl (C=O) groups is 1. The third-order valence-corrected chi connectivity index (χ3v) is 2.44. The van der Waals surface area contributed by atoms with Crippen LogP contribution in [0.15, 0.2) is 12.1 Å². The lowest BCUT2D eigenvalue weighted by Crippen LogP contribution is -2.43. The van der Waals surface area contributed by atoms with Crippen LogP contribution in [0.2, 0.25) is 0 Å². The molecule has 100 valence electrons. The molecule has 0 aliphatic carbocycles. The lowest BCUT2D eigenvalue weighted by molar-refractivity contribution is -0.124. The molecule has 18 heavy (non-hydrogen) atoms. The molecule has 0 bridgehead atoms. The number of hydrogen-bond acceptors (Lipinski definition) is 3. The SMILES string of the molecule is Cc1cc(C)c(OCC(=O)NC(C)(C)C)cc1N. The zero-order chi connectivity index (χ0) is 13.9. The van der Waals surface area contributed by atoms with Crippen LogP contribution in [0.25, 0.3) is 0 Å². The minimum Gasteiger partial charge on any atom is -0.483 e. The van der Waals surface area contributed by atoms with E-state index in [9.17, 15) is 4.79 Å². The molecule has 0 aromatic heterocycles. The van der Waals surface area contributed by atoms with E-state index in [1.807, 2.05) is 40.7 Å². The number of hydrogen-bond donors (Lipinski definition) is 2. The first kappa shape index (κ1) is 14.4. The van der Waals surface area contributed by atoms with E-state index in [-0.39, 0.29) is 18.1 Å². The minimum atomic E-state index is -0.248. The average Bonchev–Trinajstić information content (AvgIpc) is 2.19. The molecule has 0 unspecified atom stereocenters. The van der Waals surface area contributed by atoms with Gasteiger partial charge in [0.05, 0.1) is 0 Å². The Balaban J connectivity index is 2.64. The Morgan fingerprint density at radius 3 is 2.44 bits per heavy atom. The Morgan fingerprint density at radius 2 is 1.89 bits per heavy atom. The third-order valence-electron chi connectivity index (χ3n) is 2.44. The van der Waals surface area contributed by atoms with Crippen LogP contribution in [0.1, 0.15) is 31.9 Å². The minimum absolute atomic E-state index is 0.000606. The Kier molecular flexibility index (Phi) is 4.22. The van der Waals surface area contributed by atoms with Gasteiger partial charge in [-0.05, 0) is 45.7 Å². The van der Waals surface area contributed by atoms with E-state index in [1.54, 1.807) is 6.07 Å². The van der Waals surface area contributed by atoms with E-state index < -0.39 is 0 Å². The van der Waals surface area contributed by atoms with Crippen molar-refractivity contribution in [1.82, 2.24) is 5.32 Å². The van der Waals surface area contributed by atoms with Gasteiger partial charge in [0.25, 0.3) is 5.91 Å². The first-order valence-electron chi connectivity index (χ1n) is 5.99. The summed E-state index contributed by atoms with van der Waals surface area (Å²) in [4.78, 5) is 11.6. The Hall–Kier alpha value is -1.71. The summed E-state index contributed by atoms with van der Waals surface area (Å²) < 4.78 is 5.49. The largest absolute Gasteiger partial charge is 0.483 e. The van der Waals surface area contributed by atoms with Gasteiger partial charge in [0.15, 0.2) is 6.61 Å². The third kappa shape index (κ3) is 4.28. The fraction of sp³-hybridized carbons (Fsp3) is 0.500. The van der Waals surface area contributed by atoms with Crippen LogP contribution >= 0.6 is 0 Å². The van der Waals surface area contributed by atoms with Crippen LogP contribution in [0.4, 0.5) is 5.69 Å². The number of ether oxygens (including phenoxy) is 1. The van der Waals surface area contributed by atoms with Gasteiger partial charge >= 0.3 is 0 Å². The van der Waals surface area contributed by atoms with Crippen molar-refractivity contribution < 1.29 is 9.53 Å². The van der Waals surface area contributed by atoms with Crippen molar-refractivity contribution >= 4 is 11.6 Å². The molecular formula is C14H22N2O2. The van der Waals surface area contributed by atoms with Crippen molar-refractivity contribution in [3.63, 3.8) is 0 Å². The maximum Gasteiger partial charge on any atom is 0.258 e. The van der Waals surface area contributed by atoms with E-state index in [4.69, 9.17) is 10.5 Å². The summed E-state index contributed by atoms with van der Waals surface area (Å²) in [7, 11) is 0. The molecule has 0 heterocycles. The normalized spacial score (nSPS) is 11.2. The summed E-state index contributed by atoms with van der Waals surface area (Å²) in [6.45, 7) is 9.67. The number of anilines is 1. The first-order chi connectivity index (χ1) is 8.19. The molecule has 0 saturated carbocycles. The van der Waals surface area contributed by atoms with Crippen LogP contribution in [0.3, 0.4) is 0 Å². The highest BCUT2D eigenvalue weighted by molar-refractivity contribution is 5.78. The molecule has 0 aliphatic rings. The molecule has 0 aliphatic heterocycles. The Morgan fingerprint density at radius 1 is 1.28 bits per heavy atom. The zero-order valence-electron chi connectivity index (χ0n) is 11.8. The highest BCUT2D eigenvalue weighted by Crippen LogP contribution is 2.24. The lowest BCUT2D eigenvalue weighted by Gasteiger charge is -2.20. The van der Waals surface area contributed by atoms with Gasteiger partial charge in [-0.2, -0.15) is 0 Å². The number of aryl methyl sites for hydroxylation is 2. The standard InChI is InChI=1S/C14H22N2O2/c1-9-6-10(2)12(7-11(9)15)18-8-13(17)16-14(3,4)5/h6-7H,8,15H2,1-5H3,(H,16,17). The Bertz CT molecular complexity index is 448. The summed E-state index contributed by atoms with van der Waals surface area (Å²) >= 11 is 0. The smallest absolute Gasteiger partial charge is 0.258 e. The molecule has 1 rings (SSSR count). The van der Waals surface area contributed by atoms with Crippen LogP contribution < -0.4 is 15.8 Å². The number of benzene rings is 1. The fourth-order valence-electron chi connectivity index (χ4n) is 1.60. The number of amides is 1. The molecule has 1 aromatic carbocycles. The van der Waals surface area contributed by atoms with Crippen molar-refractivity contribution in [2.75, 3.05) is 12.3 Å². The quantitative estimate of drug-likeness (QED) is 0.808. The lowest BCUT2D eigenvalue weighted by atomic mass is 10.1. The predicted molar refractivity (Wildman–Crippen MR) is 73.7 cm³/mol. The van der Waals surface area contributed by atoms with Crippen LogP contribution in [-0.2, 0) is 4.79 Å².